The van der Waals surface area contributed by atoms with Crippen LogP contribution in [0.5, 0.6) is 0 Å². The van der Waals surface area contributed by atoms with Gasteiger partial charge in [-0.25, -0.2) is 0 Å². The van der Waals surface area contributed by atoms with Crippen molar-refractivity contribution in [2.75, 3.05) is 6.54 Å². The first-order chi connectivity index (χ1) is 14.1. The zero-order valence-corrected chi connectivity index (χ0v) is 21.6. The molecule has 0 aliphatic heterocycles. The van der Waals surface area contributed by atoms with Crippen LogP contribution in [0.15, 0.2) is 24.3 Å². The first-order valence-corrected chi connectivity index (χ1v) is 12.9. The molecule has 30 heavy (non-hydrogen) atoms. The van der Waals surface area contributed by atoms with E-state index in [0.717, 1.165) is 6.54 Å². The average molecular weight is 438 g/mol. The number of rotatable bonds is 19. The summed E-state index contributed by atoms with van der Waals surface area (Å²) in [6.45, 7) is 10.3. The van der Waals surface area contributed by atoms with Crippen molar-refractivity contribution in [3.63, 3.8) is 0 Å². The van der Waals surface area contributed by atoms with E-state index in [1.807, 2.05) is 0 Å². The van der Waals surface area contributed by atoms with Crippen molar-refractivity contribution in [3.05, 3.63) is 35.4 Å². The van der Waals surface area contributed by atoms with Gasteiger partial charge in [0.15, 0.2) is 0 Å². The van der Waals surface area contributed by atoms with Gasteiger partial charge in [-0.2, -0.15) is 0 Å². The third kappa shape index (κ3) is 14.5. The lowest BCUT2D eigenvalue weighted by atomic mass is 9.90. The Morgan fingerprint density at radius 3 is 1.47 bits per heavy atom. The summed E-state index contributed by atoms with van der Waals surface area (Å²) in [6, 6.07) is 8.76. The number of hydrogen-bond acceptors (Lipinski definition) is 1. The Labute approximate surface area is 195 Å². The van der Waals surface area contributed by atoms with Gasteiger partial charge in [0, 0.05) is 5.54 Å². The van der Waals surface area contributed by atoms with Crippen LogP contribution >= 0.6 is 12.4 Å². The quantitative estimate of drug-likeness (QED) is 0.212. The van der Waals surface area contributed by atoms with Gasteiger partial charge in [0.2, 0.25) is 0 Å². The minimum atomic E-state index is 0. The number of aryl methyl sites for hydroxylation is 1. The highest BCUT2D eigenvalue weighted by atomic mass is 35.5. The zero-order valence-electron chi connectivity index (χ0n) is 20.7. The third-order valence-electron chi connectivity index (χ3n) is 6.42. The Bertz CT molecular complexity index is 497. The maximum atomic E-state index is 3.77. The molecule has 1 N–H and O–H groups in total. The van der Waals surface area contributed by atoms with Crippen molar-refractivity contribution in [1.29, 1.82) is 0 Å². The van der Waals surface area contributed by atoms with E-state index >= 15 is 0 Å². The highest BCUT2D eigenvalue weighted by Crippen LogP contribution is 2.23. The van der Waals surface area contributed by atoms with Crippen LogP contribution in [0.2, 0.25) is 0 Å². The summed E-state index contributed by atoms with van der Waals surface area (Å²) >= 11 is 0. The van der Waals surface area contributed by atoms with E-state index in [1.54, 1.807) is 0 Å². The van der Waals surface area contributed by atoms with Gasteiger partial charge in [0.1, 0.15) is 0 Å². The second kappa shape index (κ2) is 19.2. The predicted octanol–water partition coefficient (Wildman–Crippen LogP) is 9.50. The number of benzene rings is 1. The van der Waals surface area contributed by atoms with Crippen LogP contribution in [0.1, 0.15) is 135 Å². The molecule has 0 spiro atoms. The van der Waals surface area contributed by atoms with Crippen LogP contribution in [0.3, 0.4) is 0 Å². The molecule has 0 heterocycles. The average Bonchev–Trinajstić information content (AvgIpc) is 2.70. The van der Waals surface area contributed by atoms with E-state index in [4.69, 9.17) is 0 Å². The molecule has 0 bridgehead atoms. The van der Waals surface area contributed by atoms with Crippen LogP contribution in [0.25, 0.3) is 0 Å². The second-order valence-electron chi connectivity index (χ2n) is 9.67. The summed E-state index contributed by atoms with van der Waals surface area (Å²) in [5, 5.41) is 3.77. The lowest BCUT2D eigenvalue weighted by Crippen LogP contribution is -2.37. The molecule has 0 atom stereocenters. The molecule has 0 amide bonds. The fourth-order valence-corrected chi connectivity index (χ4v) is 4.44. The van der Waals surface area contributed by atoms with Gasteiger partial charge in [-0.3, -0.25) is 0 Å². The Hall–Kier alpha value is -0.530. The monoisotopic (exact) mass is 437 g/mol. The Morgan fingerprint density at radius 2 is 1.03 bits per heavy atom. The normalized spacial score (nSPS) is 11.5. The Kier molecular flexibility index (Phi) is 18.8. The van der Waals surface area contributed by atoms with Crippen LogP contribution in [-0.4, -0.2) is 6.54 Å². The molecule has 0 saturated heterocycles. The lowest BCUT2D eigenvalue weighted by molar-refractivity contribution is 0.392. The van der Waals surface area contributed by atoms with Crippen LogP contribution < -0.4 is 5.32 Å². The molecule has 0 aromatic heterocycles. The molecule has 1 nitrogen and oxygen atoms in total. The Balaban J connectivity index is 0.00000841. The van der Waals surface area contributed by atoms with Gasteiger partial charge >= 0.3 is 0 Å². The highest BCUT2D eigenvalue weighted by Gasteiger charge is 2.20. The van der Waals surface area contributed by atoms with Crippen molar-refractivity contribution >= 4 is 12.4 Å². The summed E-state index contributed by atoms with van der Waals surface area (Å²) in [5.74, 6) is 0. The van der Waals surface area contributed by atoms with Crippen molar-refractivity contribution in [1.82, 2.24) is 5.32 Å². The minimum absolute atomic E-state index is 0. The van der Waals surface area contributed by atoms with Gasteiger partial charge in [0.25, 0.3) is 0 Å². The van der Waals surface area contributed by atoms with E-state index < -0.39 is 0 Å². The van der Waals surface area contributed by atoms with E-state index in [0.29, 0.717) is 0 Å². The Morgan fingerprint density at radius 1 is 0.633 bits per heavy atom. The second-order valence-corrected chi connectivity index (χ2v) is 9.67. The van der Waals surface area contributed by atoms with E-state index in [2.05, 4.69) is 57.3 Å². The van der Waals surface area contributed by atoms with Crippen LogP contribution in [-0.2, 0) is 5.54 Å². The number of unbranched alkanes of at least 4 members (excludes halogenated alkanes) is 15. The summed E-state index contributed by atoms with van der Waals surface area (Å²) in [5.41, 5.74) is 2.88. The van der Waals surface area contributed by atoms with E-state index in [-0.39, 0.29) is 17.9 Å². The molecular weight excluding hydrogens is 386 g/mol. The fraction of sp³-hybridized carbons (Fsp3) is 0.786. The predicted molar refractivity (Wildman–Crippen MR) is 139 cm³/mol. The number of hydrogen-bond donors (Lipinski definition) is 1. The van der Waals surface area contributed by atoms with E-state index in [9.17, 15) is 0 Å². The largest absolute Gasteiger partial charge is 0.308 e. The molecule has 1 aromatic carbocycles. The maximum Gasteiger partial charge on any atom is 0.0380 e. The topological polar surface area (TPSA) is 12.0 Å². The van der Waals surface area contributed by atoms with E-state index in [1.165, 1.54) is 114 Å². The zero-order chi connectivity index (χ0) is 21.2. The molecule has 1 rings (SSSR count). The van der Waals surface area contributed by atoms with Crippen molar-refractivity contribution < 1.29 is 0 Å². The summed E-state index contributed by atoms with van der Waals surface area (Å²) < 4.78 is 0. The number of halogens is 1. The van der Waals surface area contributed by atoms with Crippen molar-refractivity contribution in [2.45, 2.75) is 136 Å². The van der Waals surface area contributed by atoms with Gasteiger partial charge in [-0.05, 0) is 44.9 Å². The molecule has 2 heteroatoms. The van der Waals surface area contributed by atoms with Crippen LogP contribution in [0.4, 0.5) is 0 Å². The van der Waals surface area contributed by atoms with Crippen LogP contribution in [0, 0.1) is 6.92 Å². The standard InChI is InChI=1S/C28H51N.ClH/c1-5-6-7-8-9-10-11-12-13-14-15-16-17-18-19-22-25-29-28(3,4)27-24-21-20-23-26(27)2;/h20-21,23-24,29H,5-19,22,25H2,1-4H3;1H. The molecule has 0 saturated carbocycles. The molecule has 176 valence electrons. The third-order valence-corrected chi connectivity index (χ3v) is 6.42. The first-order valence-electron chi connectivity index (χ1n) is 12.9. The van der Waals surface area contributed by atoms with Crippen molar-refractivity contribution in [2.24, 2.45) is 0 Å². The molecule has 0 fully saturated rings. The molecular formula is C28H52ClN. The molecule has 0 aliphatic rings. The molecule has 0 radical (unpaired) electrons. The first kappa shape index (κ1) is 29.5. The highest BCUT2D eigenvalue weighted by molar-refractivity contribution is 5.85. The lowest BCUT2D eigenvalue weighted by Gasteiger charge is -2.28. The van der Waals surface area contributed by atoms with Gasteiger partial charge in [0.05, 0.1) is 0 Å². The summed E-state index contributed by atoms with van der Waals surface area (Å²) in [6.07, 6.45) is 22.9. The fourth-order valence-electron chi connectivity index (χ4n) is 4.44. The number of nitrogens with one attached hydrogen (secondary N) is 1. The van der Waals surface area contributed by atoms with Gasteiger partial charge < -0.3 is 5.32 Å². The van der Waals surface area contributed by atoms with Gasteiger partial charge in [-0.15, -0.1) is 12.4 Å². The summed E-state index contributed by atoms with van der Waals surface area (Å²) in [4.78, 5) is 0. The summed E-state index contributed by atoms with van der Waals surface area (Å²) in [7, 11) is 0. The maximum absolute atomic E-state index is 3.77. The molecule has 0 unspecified atom stereocenters. The smallest absolute Gasteiger partial charge is 0.0380 e. The SMILES string of the molecule is CCCCCCCCCCCCCCCCCCNC(C)(C)c1ccccc1C.Cl. The minimum Gasteiger partial charge on any atom is -0.308 e. The van der Waals surface area contributed by atoms with Gasteiger partial charge in [-0.1, -0.05) is 128 Å². The molecule has 1 aromatic rings. The van der Waals surface area contributed by atoms with Crippen molar-refractivity contribution in [3.8, 4) is 0 Å². The molecule has 0 aliphatic carbocycles.